The van der Waals surface area contributed by atoms with E-state index in [9.17, 15) is 10.2 Å². The summed E-state index contributed by atoms with van der Waals surface area (Å²) in [6, 6.07) is 0. The summed E-state index contributed by atoms with van der Waals surface area (Å²) in [5, 5.41) is 20.2. The van der Waals surface area contributed by atoms with Crippen molar-refractivity contribution in [2.75, 3.05) is 0 Å². The third kappa shape index (κ3) is 11.7. The Morgan fingerprint density at radius 3 is 1.19 bits per heavy atom. The van der Waals surface area contributed by atoms with Crippen LogP contribution in [0.2, 0.25) is 0 Å². The summed E-state index contributed by atoms with van der Waals surface area (Å²) in [4.78, 5) is 0. The molecule has 0 aromatic carbocycles. The molecule has 2 heteroatoms. The Morgan fingerprint density at radius 2 is 0.857 bits per heavy atom. The molecule has 228 valence electrons. The molecule has 0 radical (unpaired) electrons. The standard InChI is InChI=1S/C40H56O2/c1-29(17-13-19-31(3)21-23-37-33(5)25-35(41)27-39(37,7)8)15-11-12-16-30(2)18-14-20-32(4)22-24-38-34(6)26-36(42)28-40(38,9)10/h11-24,35-36,41-42H,25-28H2,1-10H3. The lowest BCUT2D eigenvalue weighted by atomic mass is 9.71. The zero-order valence-electron chi connectivity index (χ0n) is 28.0. The summed E-state index contributed by atoms with van der Waals surface area (Å²) in [6.45, 7) is 21.6. The molecule has 2 atom stereocenters. The number of allylic oxidation sites excluding steroid dienone is 20. The highest BCUT2D eigenvalue weighted by Crippen LogP contribution is 2.42. The molecule has 0 amide bonds. The predicted octanol–water partition coefficient (Wildman–Crippen LogP) is 10.5. The third-order valence-electron chi connectivity index (χ3n) is 8.24. The fraction of sp³-hybridized carbons (Fsp3) is 0.450. The topological polar surface area (TPSA) is 40.5 Å². The van der Waals surface area contributed by atoms with Crippen molar-refractivity contribution < 1.29 is 10.2 Å². The van der Waals surface area contributed by atoms with E-state index in [4.69, 9.17) is 0 Å². The summed E-state index contributed by atoms with van der Waals surface area (Å²) in [5.74, 6) is 0. The van der Waals surface area contributed by atoms with Crippen molar-refractivity contribution in [3.63, 3.8) is 0 Å². The van der Waals surface area contributed by atoms with Gasteiger partial charge >= 0.3 is 0 Å². The molecule has 0 heterocycles. The Labute approximate surface area is 257 Å². The number of hydrogen-bond acceptors (Lipinski definition) is 2. The summed E-state index contributed by atoms with van der Waals surface area (Å²) < 4.78 is 0. The van der Waals surface area contributed by atoms with Crippen LogP contribution >= 0.6 is 0 Å². The minimum atomic E-state index is -0.227. The van der Waals surface area contributed by atoms with Gasteiger partial charge in [0.25, 0.3) is 0 Å². The Kier molecular flexibility index (Phi) is 13.5. The van der Waals surface area contributed by atoms with E-state index >= 15 is 0 Å². The monoisotopic (exact) mass is 568 g/mol. The number of aliphatic hydroxyl groups is 2. The van der Waals surface area contributed by atoms with Crippen molar-refractivity contribution in [1.29, 1.82) is 0 Å². The van der Waals surface area contributed by atoms with E-state index in [2.05, 4.69) is 154 Å². The molecule has 0 fully saturated rings. The second-order valence-corrected chi connectivity index (χ2v) is 13.7. The molecule has 0 aliphatic heterocycles. The maximum absolute atomic E-state index is 10.1. The van der Waals surface area contributed by atoms with Crippen LogP contribution in [0.5, 0.6) is 0 Å². The molecule has 2 unspecified atom stereocenters. The molecule has 0 spiro atoms. The van der Waals surface area contributed by atoms with Gasteiger partial charge in [0.05, 0.1) is 12.2 Å². The van der Waals surface area contributed by atoms with Gasteiger partial charge in [0.15, 0.2) is 0 Å². The fourth-order valence-corrected chi connectivity index (χ4v) is 6.13. The van der Waals surface area contributed by atoms with Crippen molar-refractivity contribution in [1.82, 2.24) is 0 Å². The quantitative estimate of drug-likeness (QED) is 0.257. The van der Waals surface area contributed by atoms with Crippen LogP contribution in [0.1, 0.15) is 94.9 Å². The lowest BCUT2D eigenvalue weighted by Crippen LogP contribution is -2.28. The molecule has 2 nitrogen and oxygen atoms in total. The Hall–Kier alpha value is -2.94. The van der Waals surface area contributed by atoms with E-state index < -0.39 is 0 Å². The maximum Gasteiger partial charge on any atom is 0.0585 e. The van der Waals surface area contributed by atoms with Crippen LogP contribution in [-0.4, -0.2) is 22.4 Å². The summed E-state index contributed by atoms with van der Waals surface area (Å²) in [7, 11) is 0. The van der Waals surface area contributed by atoms with Gasteiger partial charge in [0.1, 0.15) is 0 Å². The first kappa shape index (κ1) is 35.3. The van der Waals surface area contributed by atoms with Crippen LogP contribution in [0.25, 0.3) is 0 Å². The second kappa shape index (κ2) is 16.1. The van der Waals surface area contributed by atoms with Crippen molar-refractivity contribution >= 4 is 0 Å². The molecule has 2 rings (SSSR count). The lowest BCUT2D eigenvalue weighted by Gasteiger charge is -2.35. The minimum Gasteiger partial charge on any atom is -0.393 e. The molecule has 2 aliphatic carbocycles. The average molecular weight is 569 g/mol. The van der Waals surface area contributed by atoms with Crippen LogP contribution in [-0.2, 0) is 0 Å². The first-order valence-corrected chi connectivity index (χ1v) is 15.5. The van der Waals surface area contributed by atoms with Gasteiger partial charge in [-0.05, 0) is 89.2 Å². The van der Waals surface area contributed by atoms with Gasteiger partial charge in [-0.15, -0.1) is 0 Å². The van der Waals surface area contributed by atoms with Gasteiger partial charge in [0.2, 0.25) is 0 Å². The van der Waals surface area contributed by atoms with Gasteiger partial charge in [-0.3, -0.25) is 0 Å². The van der Waals surface area contributed by atoms with E-state index in [0.717, 1.165) is 25.7 Å². The fourth-order valence-electron chi connectivity index (χ4n) is 6.13. The van der Waals surface area contributed by atoms with E-state index in [1.54, 1.807) is 0 Å². The Morgan fingerprint density at radius 1 is 0.548 bits per heavy atom. The normalized spacial score (nSPS) is 25.0. The molecule has 0 saturated heterocycles. The third-order valence-corrected chi connectivity index (χ3v) is 8.24. The highest BCUT2D eigenvalue weighted by Gasteiger charge is 2.32. The molecule has 2 N–H and O–H groups in total. The number of hydrogen-bond donors (Lipinski definition) is 2. The van der Waals surface area contributed by atoms with Crippen molar-refractivity contribution in [3.05, 3.63) is 130 Å². The molecular weight excluding hydrogens is 512 g/mol. The van der Waals surface area contributed by atoms with Gasteiger partial charge in [0, 0.05) is 0 Å². The van der Waals surface area contributed by atoms with Crippen LogP contribution in [0.4, 0.5) is 0 Å². The summed E-state index contributed by atoms with van der Waals surface area (Å²) in [5.41, 5.74) is 10.1. The van der Waals surface area contributed by atoms with Gasteiger partial charge in [-0.25, -0.2) is 0 Å². The van der Waals surface area contributed by atoms with E-state index in [1.165, 1.54) is 44.6 Å². The molecule has 0 aromatic heterocycles. The van der Waals surface area contributed by atoms with Crippen molar-refractivity contribution in [2.24, 2.45) is 10.8 Å². The highest BCUT2D eigenvalue weighted by molar-refractivity contribution is 5.39. The second-order valence-electron chi connectivity index (χ2n) is 13.7. The summed E-state index contributed by atoms with van der Waals surface area (Å²) in [6.07, 6.45) is 32.6. The first-order valence-electron chi connectivity index (χ1n) is 15.5. The molecule has 0 bridgehead atoms. The number of aliphatic hydroxyl groups excluding tert-OH is 2. The SMILES string of the molecule is CC(C=CC=C(C)C=CC1=C(C)CC(O)CC1(C)C)=CC=CC=C(C)C=CC=C(C)C=CC1=C(C)CC(O)CC1(C)C. The highest BCUT2D eigenvalue weighted by atomic mass is 16.3. The first-order chi connectivity index (χ1) is 19.6. The molecule has 0 aromatic rings. The Bertz CT molecular complexity index is 1190. The Balaban J connectivity index is 1.90. The molecule has 2 aliphatic rings. The van der Waals surface area contributed by atoms with Gasteiger partial charge < -0.3 is 10.2 Å². The van der Waals surface area contributed by atoms with Crippen LogP contribution in [0.15, 0.2) is 130 Å². The maximum atomic E-state index is 10.1. The van der Waals surface area contributed by atoms with E-state index in [-0.39, 0.29) is 23.0 Å². The molecular formula is C40H56O2. The predicted molar refractivity (Wildman–Crippen MR) is 184 cm³/mol. The number of rotatable bonds is 10. The smallest absolute Gasteiger partial charge is 0.0585 e. The zero-order chi connectivity index (χ0) is 31.5. The van der Waals surface area contributed by atoms with Crippen LogP contribution < -0.4 is 0 Å². The van der Waals surface area contributed by atoms with Gasteiger partial charge in [-0.1, -0.05) is 146 Å². The van der Waals surface area contributed by atoms with E-state index in [0.29, 0.717) is 0 Å². The van der Waals surface area contributed by atoms with Crippen molar-refractivity contribution in [3.8, 4) is 0 Å². The zero-order valence-corrected chi connectivity index (χ0v) is 28.0. The van der Waals surface area contributed by atoms with Gasteiger partial charge in [-0.2, -0.15) is 0 Å². The van der Waals surface area contributed by atoms with Crippen LogP contribution in [0, 0.1) is 10.8 Å². The molecule has 42 heavy (non-hydrogen) atoms. The van der Waals surface area contributed by atoms with Crippen molar-refractivity contribution in [2.45, 2.75) is 107 Å². The minimum absolute atomic E-state index is 0.00547. The van der Waals surface area contributed by atoms with Crippen LogP contribution in [0.3, 0.4) is 0 Å². The summed E-state index contributed by atoms with van der Waals surface area (Å²) >= 11 is 0. The largest absolute Gasteiger partial charge is 0.393 e. The average Bonchev–Trinajstić information content (AvgIpc) is 2.84. The van der Waals surface area contributed by atoms with E-state index in [1.807, 2.05) is 0 Å². The lowest BCUT2D eigenvalue weighted by molar-refractivity contribution is 0.116. The molecule has 0 saturated carbocycles.